The number of benzene rings is 1. The largest absolute Gasteiger partial charge is 0.493 e. The highest BCUT2D eigenvalue weighted by molar-refractivity contribution is 5.97. The summed E-state index contributed by atoms with van der Waals surface area (Å²) in [6.45, 7) is 8.27. The number of hydrogen-bond acceptors (Lipinski definition) is 4. The van der Waals surface area contributed by atoms with Gasteiger partial charge in [0.15, 0.2) is 5.69 Å². The number of furan rings is 1. The van der Waals surface area contributed by atoms with E-state index in [9.17, 15) is 9.90 Å². The van der Waals surface area contributed by atoms with Crippen LogP contribution in [0.2, 0.25) is 0 Å². The van der Waals surface area contributed by atoms with Gasteiger partial charge in [-0.2, -0.15) is 0 Å². The first-order valence-electron chi connectivity index (χ1n) is 8.21. The van der Waals surface area contributed by atoms with Crippen LogP contribution in [-0.2, 0) is 6.54 Å². The monoisotopic (exact) mass is 339 g/mol. The van der Waals surface area contributed by atoms with Crippen LogP contribution in [0.25, 0.3) is 10.9 Å². The topological polar surface area (TPSA) is 80.1 Å². The van der Waals surface area contributed by atoms with Crippen LogP contribution in [-0.4, -0.2) is 15.6 Å². The minimum atomic E-state index is -0.491. The van der Waals surface area contributed by atoms with Crippen LogP contribution < -0.4 is 0 Å². The number of carbonyl (C=O) groups is 1. The van der Waals surface area contributed by atoms with Crippen molar-refractivity contribution in [1.29, 1.82) is 0 Å². The first kappa shape index (κ1) is 17.0. The molecule has 1 N–H and O–H groups in total. The Kier molecular flexibility index (Phi) is 4.44. The maximum absolute atomic E-state index is 12.3. The predicted molar refractivity (Wildman–Crippen MR) is 95.5 cm³/mol. The van der Waals surface area contributed by atoms with Gasteiger partial charge in [-0.1, -0.05) is 32.0 Å². The molecule has 3 aromatic rings. The molecule has 0 saturated carbocycles. The summed E-state index contributed by atoms with van der Waals surface area (Å²) in [6.07, 6.45) is 0. The SMILES string of the molecule is Cc1cc(C(=O)N=Nc2c(O)n(CC(C)C)c3ccccc23)c(C)o1. The second kappa shape index (κ2) is 6.55. The summed E-state index contributed by atoms with van der Waals surface area (Å²) in [5.74, 6) is 1.03. The second-order valence-electron chi connectivity index (χ2n) is 6.53. The van der Waals surface area contributed by atoms with E-state index in [1.54, 1.807) is 24.5 Å². The lowest BCUT2D eigenvalue weighted by Crippen LogP contribution is -2.03. The fraction of sp³-hybridized carbons (Fsp3) is 0.316. The fourth-order valence-corrected chi connectivity index (χ4v) is 2.91. The van der Waals surface area contributed by atoms with E-state index in [0.29, 0.717) is 35.2 Å². The van der Waals surface area contributed by atoms with Crippen LogP contribution in [0.4, 0.5) is 5.69 Å². The van der Waals surface area contributed by atoms with E-state index in [1.807, 2.05) is 24.3 Å². The molecule has 2 aromatic heterocycles. The minimum absolute atomic E-state index is 0.0200. The number of hydrogen-bond donors (Lipinski definition) is 1. The van der Waals surface area contributed by atoms with Crippen LogP contribution in [0.1, 0.15) is 35.7 Å². The Morgan fingerprint density at radius 1 is 1.28 bits per heavy atom. The van der Waals surface area contributed by atoms with Gasteiger partial charge in [0.1, 0.15) is 11.5 Å². The van der Waals surface area contributed by atoms with Gasteiger partial charge in [-0.05, 0) is 31.9 Å². The van der Waals surface area contributed by atoms with Gasteiger partial charge in [-0.3, -0.25) is 4.79 Å². The number of para-hydroxylation sites is 1. The van der Waals surface area contributed by atoms with E-state index in [0.717, 1.165) is 10.9 Å². The van der Waals surface area contributed by atoms with Gasteiger partial charge in [0.25, 0.3) is 5.91 Å². The first-order valence-corrected chi connectivity index (χ1v) is 8.21. The average Bonchev–Trinajstić information content (AvgIpc) is 3.03. The summed E-state index contributed by atoms with van der Waals surface area (Å²) in [6, 6.07) is 9.19. The highest BCUT2D eigenvalue weighted by atomic mass is 16.3. The van der Waals surface area contributed by atoms with Crippen molar-refractivity contribution in [2.24, 2.45) is 16.1 Å². The molecule has 130 valence electrons. The summed E-state index contributed by atoms with van der Waals surface area (Å²) in [4.78, 5) is 12.3. The Morgan fingerprint density at radius 3 is 2.64 bits per heavy atom. The van der Waals surface area contributed by atoms with E-state index in [4.69, 9.17) is 4.42 Å². The Labute approximate surface area is 145 Å². The molecular formula is C19H21N3O3. The maximum Gasteiger partial charge on any atom is 0.298 e. The smallest absolute Gasteiger partial charge is 0.298 e. The summed E-state index contributed by atoms with van der Waals surface area (Å²) in [5.41, 5.74) is 1.56. The van der Waals surface area contributed by atoms with E-state index >= 15 is 0 Å². The molecule has 0 radical (unpaired) electrons. The molecule has 0 fully saturated rings. The Bertz CT molecular complexity index is 964. The van der Waals surface area contributed by atoms with E-state index in [1.165, 1.54) is 0 Å². The Hall–Kier alpha value is -2.89. The second-order valence-corrected chi connectivity index (χ2v) is 6.53. The Balaban J connectivity index is 2.02. The summed E-state index contributed by atoms with van der Waals surface area (Å²) < 4.78 is 7.15. The van der Waals surface area contributed by atoms with Crippen molar-refractivity contribution < 1.29 is 14.3 Å². The van der Waals surface area contributed by atoms with Gasteiger partial charge in [-0.15, -0.1) is 10.2 Å². The summed E-state index contributed by atoms with van der Waals surface area (Å²) in [7, 11) is 0. The molecule has 1 aromatic carbocycles. The number of aromatic hydroxyl groups is 1. The van der Waals surface area contributed by atoms with Gasteiger partial charge in [0, 0.05) is 11.9 Å². The van der Waals surface area contributed by atoms with Crippen molar-refractivity contribution in [1.82, 2.24) is 4.57 Å². The molecule has 3 rings (SSSR count). The molecule has 2 heterocycles. The minimum Gasteiger partial charge on any atom is -0.493 e. The van der Waals surface area contributed by atoms with Gasteiger partial charge in [0.05, 0.1) is 11.1 Å². The standard InChI is InChI=1S/C19H21N3O3/c1-11(2)10-22-16-8-6-5-7-14(16)17(19(22)24)20-21-18(23)15-9-12(3)25-13(15)4/h5-9,11,24H,10H2,1-4H3. The quantitative estimate of drug-likeness (QED) is 0.669. The molecule has 1 amide bonds. The first-order chi connectivity index (χ1) is 11.9. The molecule has 6 heteroatoms. The van der Waals surface area contributed by atoms with Crippen LogP contribution in [0.5, 0.6) is 5.88 Å². The highest BCUT2D eigenvalue weighted by Crippen LogP contribution is 2.39. The third-order valence-corrected chi connectivity index (χ3v) is 3.98. The molecule has 0 bridgehead atoms. The van der Waals surface area contributed by atoms with Crippen molar-refractivity contribution in [3.05, 3.63) is 47.4 Å². The number of amides is 1. The van der Waals surface area contributed by atoms with Crippen LogP contribution in [0, 0.1) is 19.8 Å². The van der Waals surface area contributed by atoms with E-state index in [-0.39, 0.29) is 5.88 Å². The lowest BCUT2D eigenvalue weighted by molar-refractivity contribution is 0.0993. The molecule has 25 heavy (non-hydrogen) atoms. The normalized spacial score (nSPS) is 11.9. The molecule has 0 aliphatic carbocycles. The van der Waals surface area contributed by atoms with Crippen molar-refractivity contribution >= 4 is 22.5 Å². The number of rotatable bonds is 4. The zero-order valence-electron chi connectivity index (χ0n) is 14.8. The number of fused-ring (bicyclic) bond motifs is 1. The lowest BCUT2D eigenvalue weighted by Gasteiger charge is -2.09. The molecule has 6 nitrogen and oxygen atoms in total. The maximum atomic E-state index is 12.3. The van der Waals surface area contributed by atoms with Gasteiger partial charge in [0.2, 0.25) is 5.88 Å². The molecular weight excluding hydrogens is 318 g/mol. The highest BCUT2D eigenvalue weighted by Gasteiger charge is 2.18. The zero-order valence-corrected chi connectivity index (χ0v) is 14.8. The van der Waals surface area contributed by atoms with Gasteiger partial charge >= 0.3 is 0 Å². The van der Waals surface area contributed by atoms with E-state index in [2.05, 4.69) is 24.1 Å². The molecule has 0 spiro atoms. The van der Waals surface area contributed by atoms with Gasteiger partial charge in [-0.25, -0.2) is 0 Å². The Morgan fingerprint density at radius 2 is 2.00 bits per heavy atom. The number of carbonyl (C=O) groups excluding carboxylic acids is 1. The molecule has 0 saturated heterocycles. The van der Waals surface area contributed by atoms with Crippen molar-refractivity contribution in [2.45, 2.75) is 34.2 Å². The van der Waals surface area contributed by atoms with Crippen LogP contribution in [0.3, 0.4) is 0 Å². The molecule has 0 aliphatic heterocycles. The van der Waals surface area contributed by atoms with Crippen molar-refractivity contribution in [3.8, 4) is 5.88 Å². The molecule has 0 atom stereocenters. The fourth-order valence-electron chi connectivity index (χ4n) is 2.91. The molecule has 0 aliphatic rings. The summed E-state index contributed by atoms with van der Waals surface area (Å²) >= 11 is 0. The number of aryl methyl sites for hydroxylation is 2. The van der Waals surface area contributed by atoms with Gasteiger partial charge < -0.3 is 14.1 Å². The third kappa shape index (κ3) is 3.20. The van der Waals surface area contributed by atoms with Crippen LogP contribution >= 0.6 is 0 Å². The number of azo groups is 1. The van der Waals surface area contributed by atoms with Crippen molar-refractivity contribution in [2.75, 3.05) is 0 Å². The lowest BCUT2D eigenvalue weighted by atomic mass is 10.2. The zero-order chi connectivity index (χ0) is 18.1. The van der Waals surface area contributed by atoms with E-state index < -0.39 is 5.91 Å². The van der Waals surface area contributed by atoms with Crippen LogP contribution in [0.15, 0.2) is 45.0 Å². The number of nitrogens with zero attached hydrogens (tertiary/aromatic N) is 3. The predicted octanol–water partition coefficient (Wildman–Crippen LogP) is 5.14. The number of aromatic nitrogens is 1. The van der Waals surface area contributed by atoms with Crippen molar-refractivity contribution in [3.63, 3.8) is 0 Å². The third-order valence-electron chi connectivity index (χ3n) is 3.98. The summed E-state index contributed by atoms with van der Waals surface area (Å²) in [5, 5.41) is 19.2. The molecule has 0 unspecified atom stereocenters. The average molecular weight is 339 g/mol.